The molecular formula is C20H26N4OS. The largest absolute Gasteiger partial charge is 0.358 e. The molecule has 138 valence electrons. The Morgan fingerprint density at radius 2 is 1.88 bits per heavy atom. The quantitative estimate of drug-likeness (QED) is 0.807. The summed E-state index contributed by atoms with van der Waals surface area (Å²) >= 11 is 5.45. The van der Waals surface area contributed by atoms with Crippen LogP contribution in [0.4, 0.5) is 5.82 Å². The van der Waals surface area contributed by atoms with Gasteiger partial charge in [0, 0.05) is 19.1 Å². The third kappa shape index (κ3) is 3.62. The van der Waals surface area contributed by atoms with Crippen molar-refractivity contribution in [1.29, 1.82) is 0 Å². The van der Waals surface area contributed by atoms with Crippen LogP contribution < -0.4 is 10.9 Å². The van der Waals surface area contributed by atoms with Crippen molar-refractivity contribution in [3.63, 3.8) is 0 Å². The monoisotopic (exact) mass is 370 g/mol. The fourth-order valence-electron chi connectivity index (χ4n) is 4.20. The minimum Gasteiger partial charge on any atom is -0.358 e. The number of aromatic nitrogens is 2. The van der Waals surface area contributed by atoms with Gasteiger partial charge in [0.05, 0.1) is 12.2 Å². The summed E-state index contributed by atoms with van der Waals surface area (Å²) in [6, 6.07) is 11.0. The molecule has 2 aliphatic rings. The number of aryl methyl sites for hydroxylation is 1. The first-order valence-electron chi connectivity index (χ1n) is 9.60. The number of H-pyrrole nitrogens is 1. The van der Waals surface area contributed by atoms with Crippen LogP contribution in [0.5, 0.6) is 0 Å². The Hall–Kier alpha value is -1.92. The SMILES string of the molecule is O=c1[nH]c(=S)n(CCc2ccccc2)c2c1CN(C1CCCCC1)CN2. The van der Waals surface area contributed by atoms with Crippen LogP contribution in [0, 0.1) is 4.77 Å². The zero-order valence-electron chi connectivity index (χ0n) is 15.0. The van der Waals surface area contributed by atoms with Gasteiger partial charge in [0.2, 0.25) is 0 Å². The summed E-state index contributed by atoms with van der Waals surface area (Å²) in [5.74, 6) is 0.904. The molecule has 0 atom stereocenters. The minimum atomic E-state index is -0.0472. The van der Waals surface area contributed by atoms with E-state index in [0.717, 1.165) is 31.0 Å². The molecule has 2 aromatic rings. The fourth-order valence-corrected chi connectivity index (χ4v) is 4.47. The molecule has 0 amide bonds. The molecule has 4 rings (SSSR count). The average molecular weight is 371 g/mol. The lowest BCUT2D eigenvalue weighted by Gasteiger charge is -2.38. The summed E-state index contributed by atoms with van der Waals surface area (Å²) in [5, 5.41) is 3.50. The first-order valence-corrected chi connectivity index (χ1v) is 10.0. The molecule has 0 spiro atoms. The van der Waals surface area contributed by atoms with Crippen LogP contribution >= 0.6 is 12.2 Å². The van der Waals surface area contributed by atoms with E-state index in [1.165, 1.54) is 37.7 Å². The van der Waals surface area contributed by atoms with Crippen molar-refractivity contribution >= 4 is 18.0 Å². The maximum absolute atomic E-state index is 12.5. The summed E-state index contributed by atoms with van der Waals surface area (Å²) in [5.41, 5.74) is 2.05. The highest BCUT2D eigenvalue weighted by Gasteiger charge is 2.27. The second kappa shape index (κ2) is 7.76. The normalized spacial score (nSPS) is 18.3. The molecule has 0 bridgehead atoms. The molecule has 1 fully saturated rings. The van der Waals surface area contributed by atoms with Crippen molar-refractivity contribution in [2.24, 2.45) is 0 Å². The van der Waals surface area contributed by atoms with Crippen molar-refractivity contribution < 1.29 is 0 Å². The molecule has 1 aromatic carbocycles. The van der Waals surface area contributed by atoms with Crippen LogP contribution in [0.2, 0.25) is 0 Å². The van der Waals surface area contributed by atoms with Gasteiger partial charge in [0.25, 0.3) is 5.56 Å². The average Bonchev–Trinajstić information content (AvgIpc) is 2.69. The third-order valence-electron chi connectivity index (χ3n) is 5.66. The van der Waals surface area contributed by atoms with Crippen molar-refractivity contribution in [3.8, 4) is 0 Å². The summed E-state index contributed by atoms with van der Waals surface area (Å²) in [6.07, 6.45) is 7.30. The second-order valence-corrected chi connectivity index (χ2v) is 7.73. The molecule has 0 saturated heterocycles. The van der Waals surface area contributed by atoms with Crippen molar-refractivity contribution in [2.75, 3.05) is 12.0 Å². The molecule has 1 saturated carbocycles. The number of benzene rings is 1. The van der Waals surface area contributed by atoms with Crippen LogP contribution in [0.1, 0.15) is 43.2 Å². The van der Waals surface area contributed by atoms with E-state index < -0.39 is 0 Å². The number of hydrogen-bond acceptors (Lipinski definition) is 4. The van der Waals surface area contributed by atoms with E-state index in [1.807, 2.05) is 6.07 Å². The summed E-state index contributed by atoms with van der Waals surface area (Å²) in [7, 11) is 0. The lowest BCUT2D eigenvalue weighted by Crippen LogP contribution is -2.45. The molecule has 5 nitrogen and oxygen atoms in total. The molecule has 26 heavy (non-hydrogen) atoms. The summed E-state index contributed by atoms with van der Waals surface area (Å²) in [4.78, 5) is 17.8. The topological polar surface area (TPSA) is 53.1 Å². The Labute approximate surface area is 159 Å². The van der Waals surface area contributed by atoms with Gasteiger partial charge >= 0.3 is 0 Å². The summed E-state index contributed by atoms with van der Waals surface area (Å²) < 4.78 is 2.56. The number of nitrogens with zero attached hydrogens (tertiary/aromatic N) is 2. The van der Waals surface area contributed by atoms with E-state index >= 15 is 0 Å². The molecule has 2 N–H and O–H groups in total. The van der Waals surface area contributed by atoms with Crippen LogP contribution in [0.3, 0.4) is 0 Å². The van der Waals surface area contributed by atoms with Crippen LogP contribution in [0.25, 0.3) is 0 Å². The Morgan fingerprint density at radius 1 is 1.12 bits per heavy atom. The Morgan fingerprint density at radius 3 is 2.65 bits per heavy atom. The maximum Gasteiger partial charge on any atom is 0.258 e. The lowest BCUT2D eigenvalue weighted by molar-refractivity contribution is 0.152. The number of nitrogens with one attached hydrogen (secondary N) is 2. The van der Waals surface area contributed by atoms with Gasteiger partial charge in [0.15, 0.2) is 4.77 Å². The number of fused-ring (bicyclic) bond motifs is 1. The molecule has 1 aromatic heterocycles. The van der Waals surface area contributed by atoms with Gasteiger partial charge in [-0.2, -0.15) is 0 Å². The standard InChI is InChI=1S/C20H26N4OS/c25-19-17-13-23(16-9-5-2-6-10-16)14-21-18(17)24(20(26)22-19)12-11-15-7-3-1-4-8-15/h1,3-4,7-8,16,21H,2,5-6,9-14H2,(H,22,25,26). The highest BCUT2D eigenvalue weighted by molar-refractivity contribution is 7.71. The minimum absolute atomic E-state index is 0.0472. The Bertz CT molecular complexity index is 868. The Kier molecular flexibility index (Phi) is 5.22. The van der Waals surface area contributed by atoms with Crippen LogP contribution in [-0.4, -0.2) is 27.2 Å². The molecular weight excluding hydrogens is 344 g/mol. The highest BCUT2D eigenvalue weighted by Crippen LogP contribution is 2.27. The van der Waals surface area contributed by atoms with Crippen molar-refractivity contribution in [2.45, 2.75) is 57.7 Å². The van der Waals surface area contributed by atoms with Crippen molar-refractivity contribution in [1.82, 2.24) is 14.5 Å². The lowest BCUT2D eigenvalue weighted by atomic mass is 9.94. The van der Waals surface area contributed by atoms with E-state index in [4.69, 9.17) is 12.2 Å². The Balaban J connectivity index is 1.57. The summed E-state index contributed by atoms with van der Waals surface area (Å²) in [6.45, 7) is 2.27. The smallest absolute Gasteiger partial charge is 0.258 e. The van der Waals surface area contributed by atoms with Gasteiger partial charge < -0.3 is 9.88 Å². The second-order valence-electron chi connectivity index (χ2n) is 7.35. The van der Waals surface area contributed by atoms with Crippen LogP contribution in [0.15, 0.2) is 35.1 Å². The zero-order chi connectivity index (χ0) is 17.9. The zero-order valence-corrected chi connectivity index (χ0v) is 15.9. The molecule has 0 unspecified atom stereocenters. The highest BCUT2D eigenvalue weighted by atomic mass is 32.1. The fraction of sp³-hybridized carbons (Fsp3) is 0.500. The van der Waals surface area contributed by atoms with Gasteiger partial charge in [-0.3, -0.25) is 14.7 Å². The maximum atomic E-state index is 12.5. The molecule has 1 aliphatic carbocycles. The van der Waals surface area contributed by atoms with E-state index in [2.05, 4.69) is 44.0 Å². The first-order chi connectivity index (χ1) is 12.7. The van der Waals surface area contributed by atoms with E-state index in [1.54, 1.807) is 0 Å². The molecule has 0 radical (unpaired) electrons. The predicted molar refractivity (Wildman–Crippen MR) is 107 cm³/mol. The van der Waals surface area contributed by atoms with E-state index in [0.29, 0.717) is 17.4 Å². The third-order valence-corrected chi connectivity index (χ3v) is 5.99. The van der Waals surface area contributed by atoms with Gasteiger partial charge in [0.1, 0.15) is 5.82 Å². The van der Waals surface area contributed by atoms with Crippen LogP contribution in [-0.2, 0) is 19.5 Å². The van der Waals surface area contributed by atoms with Gasteiger partial charge in [-0.25, -0.2) is 0 Å². The number of anilines is 1. The number of rotatable bonds is 4. The van der Waals surface area contributed by atoms with Gasteiger partial charge in [-0.05, 0) is 37.0 Å². The van der Waals surface area contributed by atoms with Crippen molar-refractivity contribution in [3.05, 3.63) is 56.6 Å². The van der Waals surface area contributed by atoms with E-state index in [-0.39, 0.29) is 5.56 Å². The molecule has 2 heterocycles. The molecule has 6 heteroatoms. The van der Waals surface area contributed by atoms with E-state index in [9.17, 15) is 4.79 Å². The van der Waals surface area contributed by atoms with Gasteiger partial charge in [-0.15, -0.1) is 0 Å². The predicted octanol–water partition coefficient (Wildman–Crippen LogP) is 3.67. The van der Waals surface area contributed by atoms with Gasteiger partial charge in [-0.1, -0.05) is 49.6 Å². The molecule has 1 aliphatic heterocycles. The first kappa shape index (κ1) is 17.5. The number of aromatic amines is 1. The number of hydrogen-bond donors (Lipinski definition) is 2.